The highest BCUT2D eigenvalue weighted by Crippen LogP contribution is 2.23. The summed E-state index contributed by atoms with van der Waals surface area (Å²) < 4.78 is 13.3. The first kappa shape index (κ1) is 14.1. The molecule has 0 fully saturated rings. The van der Waals surface area contributed by atoms with Crippen molar-refractivity contribution in [3.8, 4) is 11.8 Å². The van der Waals surface area contributed by atoms with E-state index in [9.17, 15) is 4.39 Å². The van der Waals surface area contributed by atoms with E-state index in [1.807, 2.05) is 42.5 Å². The van der Waals surface area contributed by atoms with Crippen LogP contribution < -0.4 is 0 Å². The summed E-state index contributed by atoms with van der Waals surface area (Å²) in [6.45, 7) is 0. The Balaban J connectivity index is 2.01. The van der Waals surface area contributed by atoms with Crippen LogP contribution in [0.2, 0.25) is 0 Å². The van der Waals surface area contributed by atoms with Gasteiger partial charge in [0.2, 0.25) is 0 Å². The van der Waals surface area contributed by atoms with Crippen LogP contribution >= 0.6 is 0 Å². The lowest BCUT2D eigenvalue weighted by atomic mass is 9.91. The molecule has 3 rings (SSSR count). The average Bonchev–Trinajstić information content (AvgIpc) is 2.57. The Morgan fingerprint density at radius 2 is 1.27 bits per heavy atom. The summed E-state index contributed by atoms with van der Waals surface area (Å²) in [5, 5.41) is 0. The zero-order valence-corrected chi connectivity index (χ0v) is 12.0. The van der Waals surface area contributed by atoms with E-state index in [2.05, 4.69) is 36.1 Å². The molecule has 3 aromatic carbocycles. The molecule has 3 aromatic rings. The molecule has 0 N–H and O–H groups in total. The molecule has 0 saturated carbocycles. The average molecular weight is 286 g/mol. The molecule has 0 saturated heterocycles. The largest absolute Gasteiger partial charge is 0.207 e. The summed E-state index contributed by atoms with van der Waals surface area (Å²) in [6, 6.07) is 26.7. The number of halogens is 1. The molecule has 0 aliphatic carbocycles. The molecule has 0 nitrogen and oxygen atoms in total. The molecule has 0 atom stereocenters. The molecule has 0 spiro atoms. The highest BCUT2D eigenvalue weighted by Gasteiger charge is 2.10. The van der Waals surface area contributed by atoms with Crippen molar-refractivity contribution in [1.82, 2.24) is 0 Å². The summed E-state index contributed by atoms with van der Waals surface area (Å²) in [7, 11) is 0. The van der Waals surface area contributed by atoms with Crippen LogP contribution in [-0.4, -0.2) is 0 Å². The zero-order chi connectivity index (χ0) is 15.2. The van der Waals surface area contributed by atoms with Crippen LogP contribution in [0.15, 0.2) is 84.9 Å². The maximum absolute atomic E-state index is 13.3. The topological polar surface area (TPSA) is 0 Å². The summed E-state index contributed by atoms with van der Waals surface area (Å²) in [5.41, 5.74) is 2.96. The fourth-order valence-corrected chi connectivity index (χ4v) is 2.37. The molecule has 22 heavy (non-hydrogen) atoms. The number of rotatable bonds is 2. The first-order valence-electron chi connectivity index (χ1n) is 7.20. The van der Waals surface area contributed by atoms with E-state index in [1.165, 1.54) is 12.1 Å². The van der Waals surface area contributed by atoms with Crippen LogP contribution in [0.25, 0.3) is 0 Å². The highest BCUT2D eigenvalue weighted by molar-refractivity contribution is 5.44. The second kappa shape index (κ2) is 6.74. The van der Waals surface area contributed by atoms with Crippen LogP contribution in [0.1, 0.15) is 22.6 Å². The first-order valence-corrected chi connectivity index (χ1v) is 7.20. The van der Waals surface area contributed by atoms with E-state index < -0.39 is 0 Å². The minimum atomic E-state index is -0.261. The van der Waals surface area contributed by atoms with Crippen molar-refractivity contribution in [1.29, 1.82) is 0 Å². The third kappa shape index (κ3) is 3.42. The van der Waals surface area contributed by atoms with Gasteiger partial charge in [0.1, 0.15) is 5.82 Å². The molecule has 0 amide bonds. The van der Waals surface area contributed by atoms with Gasteiger partial charge >= 0.3 is 0 Å². The van der Waals surface area contributed by atoms with Crippen molar-refractivity contribution in [3.63, 3.8) is 0 Å². The molecule has 0 radical (unpaired) electrons. The minimum Gasteiger partial charge on any atom is -0.207 e. The minimum absolute atomic E-state index is 0.0225. The van der Waals surface area contributed by atoms with Crippen molar-refractivity contribution >= 4 is 0 Å². The smallest absolute Gasteiger partial charge is 0.124 e. The summed E-state index contributed by atoms with van der Waals surface area (Å²) in [6.07, 6.45) is 0. The molecule has 0 aliphatic heterocycles. The van der Waals surface area contributed by atoms with Gasteiger partial charge in [-0.15, -0.1) is 0 Å². The Bertz CT molecular complexity index is 756. The van der Waals surface area contributed by atoms with Crippen LogP contribution in [0.3, 0.4) is 0 Å². The second-order valence-corrected chi connectivity index (χ2v) is 5.03. The predicted molar refractivity (Wildman–Crippen MR) is 88.0 cm³/mol. The molecule has 1 heteroatoms. The van der Waals surface area contributed by atoms with Crippen molar-refractivity contribution in [2.24, 2.45) is 0 Å². The van der Waals surface area contributed by atoms with Gasteiger partial charge in [-0.1, -0.05) is 78.6 Å². The maximum Gasteiger partial charge on any atom is 0.124 e. The quantitative estimate of drug-likeness (QED) is 0.581. The van der Waals surface area contributed by atoms with E-state index in [4.69, 9.17) is 0 Å². The lowest BCUT2D eigenvalue weighted by molar-refractivity contribution is 0.627. The van der Waals surface area contributed by atoms with Gasteiger partial charge in [0.25, 0.3) is 0 Å². The Kier molecular flexibility index (Phi) is 4.32. The number of benzene rings is 3. The zero-order valence-electron chi connectivity index (χ0n) is 12.0. The van der Waals surface area contributed by atoms with Crippen molar-refractivity contribution in [3.05, 3.63) is 107 Å². The van der Waals surface area contributed by atoms with E-state index in [-0.39, 0.29) is 11.7 Å². The third-order valence-corrected chi connectivity index (χ3v) is 3.45. The second-order valence-electron chi connectivity index (χ2n) is 5.03. The van der Waals surface area contributed by atoms with Crippen LogP contribution in [0.5, 0.6) is 0 Å². The van der Waals surface area contributed by atoms with E-state index >= 15 is 0 Å². The number of hydrogen-bond acceptors (Lipinski definition) is 0. The van der Waals surface area contributed by atoms with E-state index in [0.717, 1.165) is 11.1 Å². The Morgan fingerprint density at radius 3 is 1.82 bits per heavy atom. The molecule has 0 aromatic heterocycles. The fraction of sp³-hybridized carbons (Fsp3) is 0.0476. The van der Waals surface area contributed by atoms with Gasteiger partial charge in [0.15, 0.2) is 0 Å². The SMILES string of the molecule is Fc1cccc(C#CC(c2ccccc2)c2ccccc2)c1. The summed E-state index contributed by atoms with van der Waals surface area (Å²) in [4.78, 5) is 0. The Hall–Kier alpha value is -2.85. The van der Waals surface area contributed by atoms with Gasteiger partial charge in [0.05, 0.1) is 5.92 Å². The molecule has 0 bridgehead atoms. The first-order chi connectivity index (χ1) is 10.8. The molecule has 0 aliphatic rings. The predicted octanol–water partition coefficient (Wildman–Crippen LogP) is 5.01. The maximum atomic E-state index is 13.3. The van der Waals surface area contributed by atoms with Crippen LogP contribution in [0, 0.1) is 17.7 Å². The Labute approximate surface area is 130 Å². The normalized spacial score (nSPS) is 10.1. The van der Waals surface area contributed by atoms with Crippen LogP contribution in [-0.2, 0) is 0 Å². The molecular formula is C21H15F. The van der Waals surface area contributed by atoms with Crippen molar-refractivity contribution in [2.45, 2.75) is 5.92 Å². The van der Waals surface area contributed by atoms with Gasteiger partial charge < -0.3 is 0 Å². The van der Waals surface area contributed by atoms with Gasteiger partial charge in [-0.25, -0.2) is 4.39 Å². The summed E-state index contributed by atoms with van der Waals surface area (Å²) >= 11 is 0. The van der Waals surface area contributed by atoms with Gasteiger partial charge in [-0.3, -0.25) is 0 Å². The van der Waals surface area contributed by atoms with Crippen molar-refractivity contribution < 1.29 is 4.39 Å². The fourth-order valence-electron chi connectivity index (χ4n) is 2.37. The Morgan fingerprint density at radius 1 is 0.682 bits per heavy atom. The van der Waals surface area contributed by atoms with Gasteiger partial charge in [-0.05, 0) is 29.3 Å². The van der Waals surface area contributed by atoms with Crippen LogP contribution in [0.4, 0.5) is 4.39 Å². The van der Waals surface area contributed by atoms with E-state index in [1.54, 1.807) is 6.07 Å². The van der Waals surface area contributed by atoms with E-state index in [0.29, 0.717) is 5.56 Å². The molecule has 106 valence electrons. The lowest BCUT2D eigenvalue weighted by Gasteiger charge is -2.11. The van der Waals surface area contributed by atoms with Gasteiger partial charge in [-0.2, -0.15) is 0 Å². The number of hydrogen-bond donors (Lipinski definition) is 0. The molecular weight excluding hydrogens is 271 g/mol. The van der Waals surface area contributed by atoms with Gasteiger partial charge in [0, 0.05) is 5.56 Å². The third-order valence-electron chi connectivity index (χ3n) is 3.45. The summed E-state index contributed by atoms with van der Waals surface area (Å²) in [5.74, 6) is 6.09. The monoisotopic (exact) mass is 286 g/mol. The van der Waals surface area contributed by atoms with Crippen molar-refractivity contribution in [2.75, 3.05) is 0 Å². The molecule has 0 heterocycles. The molecule has 0 unspecified atom stereocenters. The highest BCUT2D eigenvalue weighted by atomic mass is 19.1. The lowest BCUT2D eigenvalue weighted by Crippen LogP contribution is -1.98. The standard InChI is InChI=1S/C21H15F/c22-20-13-7-8-17(16-20)14-15-21(18-9-3-1-4-10-18)19-11-5-2-6-12-19/h1-13,16,21H.